The Morgan fingerprint density at radius 3 is 2.75 bits per heavy atom. The van der Waals surface area contributed by atoms with E-state index in [9.17, 15) is 18.4 Å². The molecule has 1 aromatic carbocycles. The second-order valence-corrected chi connectivity index (χ2v) is 6.90. The minimum absolute atomic E-state index is 0.0278. The van der Waals surface area contributed by atoms with Gasteiger partial charge in [0.25, 0.3) is 0 Å². The lowest BCUT2D eigenvalue weighted by atomic mass is 10.0. The second-order valence-electron chi connectivity index (χ2n) is 6.90. The lowest BCUT2D eigenvalue weighted by molar-refractivity contribution is -0.137. The third kappa shape index (κ3) is 4.44. The molecule has 1 fully saturated rings. The standard InChI is InChI=1S/C19H21F3N6/c1-27(2)17-7-8-24-18(26-17)25-15-4-3-9-28(12-15)16-6-5-14(19(20,21)22)10-13(16)11-23/h5-8,10,15H,3-4,9,12H2,1-2H3,(H,24,25,26). The van der Waals surface area contributed by atoms with E-state index in [-0.39, 0.29) is 11.6 Å². The Morgan fingerprint density at radius 1 is 1.29 bits per heavy atom. The molecule has 0 amide bonds. The molecule has 1 N–H and O–H groups in total. The van der Waals surface area contributed by atoms with Gasteiger partial charge in [0.1, 0.15) is 11.9 Å². The van der Waals surface area contributed by atoms with E-state index in [2.05, 4.69) is 15.3 Å². The summed E-state index contributed by atoms with van der Waals surface area (Å²) < 4.78 is 38.8. The van der Waals surface area contributed by atoms with Crippen molar-refractivity contribution in [2.24, 2.45) is 0 Å². The van der Waals surface area contributed by atoms with Gasteiger partial charge in [0, 0.05) is 39.4 Å². The molecule has 0 aliphatic carbocycles. The van der Waals surface area contributed by atoms with Gasteiger partial charge in [-0.15, -0.1) is 0 Å². The minimum Gasteiger partial charge on any atom is -0.368 e. The van der Waals surface area contributed by atoms with Crippen LogP contribution in [0, 0.1) is 11.3 Å². The van der Waals surface area contributed by atoms with Crippen molar-refractivity contribution in [3.05, 3.63) is 41.6 Å². The third-order valence-electron chi connectivity index (χ3n) is 4.64. The number of aromatic nitrogens is 2. The van der Waals surface area contributed by atoms with Crippen molar-refractivity contribution in [2.75, 3.05) is 42.3 Å². The molecule has 9 heteroatoms. The van der Waals surface area contributed by atoms with Crippen LogP contribution in [0.2, 0.25) is 0 Å². The lowest BCUT2D eigenvalue weighted by Crippen LogP contribution is -2.42. The average molecular weight is 390 g/mol. The fourth-order valence-electron chi connectivity index (χ4n) is 3.24. The Morgan fingerprint density at radius 2 is 2.07 bits per heavy atom. The van der Waals surface area contributed by atoms with Crippen LogP contribution in [-0.2, 0) is 6.18 Å². The van der Waals surface area contributed by atoms with Crippen LogP contribution in [0.3, 0.4) is 0 Å². The van der Waals surface area contributed by atoms with Gasteiger partial charge >= 0.3 is 6.18 Å². The Hall–Kier alpha value is -3.02. The van der Waals surface area contributed by atoms with E-state index in [1.165, 1.54) is 6.07 Å². The van der Waals surface area contributed by atoms with Gasteiger partial charge in [-0.25, -0.2) is 4.98 Å². The Bertz CT molecular complexity index is 875. The van der Waals surface area contributed by atoms with Crippen LogP contribution in [0.15, 0.2) is 30.5 Å². The summed E-state index contributed by atoms with van der Waals surface area (Å²) >= 11 is 0. The zero-order valence-electron chi connectivity index (χ0n) is 15.7. The van der Waals surface area contributed by atoms with Gasteiger partial charge in [-0.3, -0.25) is 0 Å². The van der Waals surface area contributed by atoms with Crippen LogP contribution in [0.25, 0.3) is 0 Å². The summed E-state index contributed by atoms with van der Waals surface area (Å²) in [4.78, 5) is 12.5. The van der Waals surface area contributed by atoms with Crippen LogP contribution in [-0.4, -0.2) is 43.2 Å². The van der Waals surface area contributed by atoms with Crippen molar-refractivity contribution >= 4 is 17.5 Å². The molecule has 3 rings (SSSR count). The maximum absolute atomic E-state index is 12.9. The van der Waals surface area contributed by atoms with Crippen LogP contribution in [0.1, 0.15) is 24.0 Å². The van der Waals surface area contributed by atoms with Crippen LogP contribution >= 0.6 is 0 Å². The first-order chi connectivity index (χ1) is 13.3. The van der Waals surface area contributed by atoms with E-state index in [4.69, 9.17) is 0 Å². The summed E-state index contributed by atoms with van der Waals surface area (Å²) in [6.07, 6.45) is -1.06. The zero-order chi connectivity index (χ0) is 20.3. The molecule has 1 atom stereocenters. The van der Waals surface area contributed by atoms with E-state index >= 15 is 0 Å². The fourth-order valence-corrected chi connectivity index (χ4v) is 3.24. The van der Waals surface area contributed by atoms with E-state index in [1.54, 1.807) is 12.3 Å². The van der Waals surface area contributed by atoms with Crippen molar-refractivity contribution in [3.63, 3.8) is 0 Å². The van der Waals surface area contributed by atoms with Gasteiger partial charge in [0.05, 0.1) is 16.8 Å². The highest BCUT2D eigenvalue weighted by Crippen LogP contribution is 2.33. The molecule has 2 heterocycles. The maximum atomic E-state index is 12.9. The third-order valence-corrected chi connectivity index (χ3v) is 4.64. The Balaban J connectivity index is 1.77. The van der Waals surface area contributed by atoms with E-state index in [0.717, 1.165) is 30.8 Å². The summed E-state index contributed by atoms with van der Waals surface area (Å²) in [5.41, 5.74) is -0.264. The first-order valence-corrected chi connectivity index (χ1v) is 8.91. The monoisotopic (exact) mass is 390 g/mol. The van der Waals surface area contributed by atoms with Crippen LogP contribution < -0.4 is 15.1 Å². The summed E-state index contributed by atoms with van der Waals surface area (Å²) in [7, 11) is 3.78. The molecule has 0 radical (unpaired) electrons. The number of hydrogen-bond donors (Lipinski definition) is 1. The van der Waals surface area contributed by atoms with Gasteiger partial charge in [-0.2, -0.15) is 23.4 Å². The van der Waals surface area contributed by atoms with Crippen molar-refractivity contribution in [3.8, 4) is 6.07 Å². The van der Waals surface area contributed by atoms with E-state index < -0.39 is 11.7 Å². The molecular formula is C19H21F3N6. The number of nitrogens with one attached hydrogen (secondary N) is 1. The van der Waals surface area contributed by atoms with Crippen molar-refractivity contribution < 1.29 is 13.2 Å². The normalized spacial score (nSPS) is 17.1. The molecule has 6 nitrogen and oxygen atoms in total. The molecule has 0 saturated carbocycles. The number of rotatable bonds is 4. The van der Waals surface area contributed by atoms with E-state index in [0.29, 0.717) is 24.7 Å². The van der Waals surface area contributed by atoms with Gasteiger partial charge < -0.3 is 15.1 Å². The van der Waals surface area contributed by atoms with Crippen LogP contribution in [0.5, 0.6) is 0 Å². The smallest absolute Gasteiger partial charge is 0.368 e. The minimum atomic E-state index is -4.47. The van der Waals surface area contributed by atoms with E-state index in [1.807, 2.05) is 30.0 Å². The Kier molecular flexibility index (Phi) is 5.58. The van der Waals surface area contributed by atoms with Gasteiger partial charge in [0.15, 0.2) is 0 Å². The predicted molar refractivity (Wildman–Crippen MR) is 101 cm³/mol. The molecule has 2 aromatic rings. The number of hydrogen-bond acceptors (Lipinski definition) is 6. The Labute approximate surface area is 161 Å². The fraction of sp³-hybridized carbons (Fsp3) is 0.421. The molecule has 0 bridgehead atoms. The molecule has 1 aliphatic heterocycles. The number of alkyl halides is 3. The van der Waals surface area contributed by atoms with Crippen molar-refractivity contribution in [2.45, 2.75) is 25.1 Å². The highest BCUT2D eigenvalue weighted by molar-refractivity contribution is 5.61. The number of piperidine rings is 1. The first-order valence-electron chi connectivity index (χ1n) is 8.91. The maximum Gasteiger partial charge on any atom is 0.416 e. The molecule has 148 valence electrons. The largest absolute Gasteiger partial charge is 0.416 e. The second kappa shape index (κ2) is 7.92. The molecule has 1 aliphatic rings. The van der Waals surface area contributed by atoms with Gasteiger partial charge in [-0.05, 0) is 37.1 Å². The molecule has 1 aromatic heterocycles. The van der Waals surface area contributed by atoms with Crippen molar-refractivity contribution in [1.82, 2.24) is 9.97 Å². The van der Waals surface area contributed by atoms with Crippen LogP contribution in [0.4, 0.5) is 30.6 Å². The molecule has 1 unspecified atom stereocenters. The molecular weight excluding hydrogens is 369 g/mol. The summed E-state index contributed by atoms with van der Waals surface area (Å²) in [6, 6.07) is 7.05. The predicted octanol–water partition coefficient (Wildman–Crippen LogP) is 3.51. The zero-order valence-corrected chi connectivity index (χ0v) is 15.7. The molecule has 28 heavy (non-hydrogen) atoms. The summed E-state index contributed by atoms with van der Waals surface area (Å²) in [5, 5.41) is 12.6. The SMILES string of the molecule is CN(C)c1ccnc(NC2CCCN(c3ccc(C(F)(F)F)cc3C#N)C2)n1. The lowest BCUT2D eigenvalue weighted by Gasteiger charge is -2.35. The summed E-state index contributed by atoms with van der Waals surface area (Å²) in [6.45, 7) is 1.23. The molecule has 1 saturated heterocycles. The summed E-state index contributed by atoms with van der Waals surface area (Å²) in [5.74, 6) is 1.28. The first kappa shape index (κ1) is 19.7. The van der Waals surface area contributed by atoms with Crippen molar-refractivity contribution in [1.29, 1.82) is 5.26 Å². The van der Waals surface area contributed by atoms with Gasteiger partial charge in [-0.1, -0.05) is 0 Å². The number of nitrogens with zero attached hydrogens (tertiary/aromatic N) is 5. The van der Waals surface area contributed by atoms with Gasteiger partial charge in [0.2, 0.25) is 5.95 Å². The average Bonchev–Trinajstić information content (AvgIpc) is 2.67. The highest BCUT2D eigenvalue weighted by atomic mass is 19.4. The number of nitriles is 1. The highest BCUT2D eigenvalue weighted by Gasteiger charge is 2.32. The number of anilines is 3. The molecule has 0 spiro atoms. The quantitative estimate of drug-likeness (QED) is 0.862. The number of halogens is 3. The number of benzene rings is 1. The topological polar surface area (TPSA) is 68.1 Å².